The van der Waals surface area contributed by atoms with Crippen LogP contribution in [0.15, 0.2) is 29.8 Å². The van der Waals surface area contributed by atoms with E-state index in [0.717, 1.165) is 37.9 Å². The number of benzene rings is 1. The molecule has 3 heteroatoms. The standard InChI is InChI=1S/C18H24N2O/c21-18(20-12-10-14-5-2-1-3-6-14)16-8-9-17-15(13-16)7-4-11-19-17/h5,8-9,13,19H,1-4,6-7,10-12H2,(H,20,21). The van der Waals surface area contributed by atoms with Crippen LogP contribution in [0.3, 0.4) is 0 Å². The predicted octanol–water partition coefficient (Wildman–Crippen LogP) is 3.67. The molecule has 3 nitrogen and oxygen atoms in total. The molecule has 0 fully saturated rings. The van der Waals surface area contributed by atoms with Crippen LogP contribution < -0.4 is 10.6 Å². The third-order valence-corrected chi connectivity index (χ3v) is 4.42. The summed E-state index contributed by atoms with van der Waals surface area (Å²) < 4.78 is 0. The molecule has 0 saturated heterocycles. The van der Waals surface area contributed by atoms with E-state index in [1.807, 2.05) is 18.2 Å². The minimum Gasteiger partial charge on any atom is -0.385 e. The van der Waals surface area contributed by atoms with Crippen molar-refractivity contribution in [2.24, 2.45) is 0 Å². The Kier molecular flexibility index (Phi) is 4.59. The van der Waals surface area contributed by atoms with Gasteiger partial charge in [-0.3, -0.25) is 4.79 Å². The molecule has 1 aliphatic heterocycles. The first-order chi connectivity index (χ1) is 10.3. The fraction of sp³-hybridized carbons (Fsp3) is 0.500. The van der Waals surface area contributed by atoms with Crippen molar-refractivity contribution in [2.75, 3.05) is 18.4 Å². The second-order valence-electron chi connectivity index (χ2n) is 6.02. The second-order valence-corrected chi connectivity index (χ2v) is 6.02. The van der Waals surface area contributed by atoms with Crippen molar-refractivity contribution in [2.45, 2.75) is 44.9 Å². The van der Waals surface area contributed by atoms with E-state index in [9.17, 15) is 4.79 Å². The smallest absolute Gasteiger partial charge is 0.251 e. The van der Waals surface area contributed by atoms with E-state index in [1.54, 1.807) is 0 Å². The molecule has 1 aliphatic carbocycles. The average molecular weight is 284 g/mol. The Balaban J connectivity index is 1.54. The monoisotopic (exact) mass is 284 g/mol. The maximum Gasteiger partial charge on any atom is 0.251 e. The first-order valence-corrected chi connectivity index (χ1v) is 8.16. The van der Waals surface area contributed by atoms with Crippen LogP contribution in [0, 0.1) is 0 Å². The molecule has 0 aromatic heterocycles. The van der Waals surface area contributed by atoms with Gasteiger partial charge in [0.05, 0.1) is 0 Å². The highest BCUT2D eigenvalue weighted by atomic mass is 16.1. The van der Waals surface area contributed by atoms with Gasteiger partial charge in [0.2, 0.25) is 0 Å². The van der Waals surface area contributed by atoms with E-state index in [2.05, 4.69) is 16.7 Å². The van der Waals surface area contributed by atoms with Crippen molar-refractivity contribution < 1.29 is 4.79 Å². The van der Waals surface area contributed by atoms with Crippen molar-refractivity contribution in [3.8, 4) is 0 Å². The lowest BCUT2D eigenvalue weighted by atomic mass is 9.97. The molecule has 0 bridgehead atoms. The van der Waals surface area contributed by atoms with Crippen molar-refractivity contribution in [1.82, 2.24) is 5.32 Å². The van der Waals surface area contributed by atoms with E-state index in [-0.39, 0.29) is 5.91 Å². The van der Waals surface area contributed by atoms with Gasteiger partial charge in [0.15, 0.2) is 0 Å². The molecule has 2 aliphatic rings. The van der Waals surface area contributed by atoms with Gasteiger partial charge >= 0.3 is 0 Å². The number of hydrogen-bond donors (Lipinski definition) is 2. The van der Waals surface area contributed by atoms with E-state index in [1.165, 1.54) is 42.5 Å². The molecule has 0 radical (unpaired) electrons. The summed E-state index contributed by atoms with van der Waals surface area (Å²) in [5, 5.41) is 6.43. The second kappa shape index (κ2) is 6.79. The lowest BCUT2D eigenvalue weighted by molar-refractivity contribution is 0.0954. The number of fused-ring (bicyclic) bond motifs is 1. The van der Waals surface area contributed by atoms with Crippen LogP contribution in [0.4, 0.5) is 5.69 Å². The van der Waals surface area contributed by atoms with Crippen LogP contribution in [0.5, 0.6) is 0 Å². The molecule has 0 unspecified atom stereocenters. The number of allylic oxidation sites excluding steroid dienone is 1. The van der Waals surface area contributed by atoms with Crippen molar-refractivity contribution in [3.63, 3.8) is 0 Å². The first-order valence-electron chi connectivity index (χ1n) is 8.16. The topological polar surface area (TPSA) is 41.1 Å². The quantitative estimate of drug-likeness (QED) is 0.828. The van der Waals surface area contributed by atoms with Gasteiger partial charge in [-0.15, -0.1) is 0 Å². The lowest BCUT2D eigenvalue weighted by Crippen LogP contribution is -2.25. The minimum absolute atomic E-state index is 0.0554. The largest absolute Gasteiger partial charge is 0.385 e. The zero-order valence-electron chi connectivity index (χ0n) is 12.6. The Morgan fingerprint density at radius 3 is 3.00 bits per heavy atom. The first kappa shape index (κ1) is 14.2. The minimum atomic E-state index is 0.0554. The summed E-state index contributed by atoms with van der Waals surface area (Å²) in [5.74, 6) is 0.0554. The molecule has 1 aromatic rings. The summed E-state index contributed by atoms with van der Waals surface area (Å²) in [6.45, 7) is 1.79. The Bertz CT molecular complexity index is 548. The van der Waals surface area contributed by atoms with Crippen LogP contribution in [0.25, 0.3) is 0 Å². The van der Waals surface area contributed by atoms with E-state index in [4.69, 9.17) is 0 Å². The number of carbonyl (C=O) groups is 1. The number of amides is 1. The van der Waals surface area contributed by atoms with Gasteiger partial charge in [0, 0.05) is 24.3 Å². The molecule has 2 N–H and O–H groups in total. The highest BCUT2D eigenvalue weighted by Gasteiger charge is 2.12. The molecular weight excluding hydrogens is 260 g/mol. The number of nitrogens with one attached hydrogen (secondary N) is 2. The molecule has 1 heterocycles. The van der Waals surface area contributed by atoms with Gasteiger partial charge in [-0.05, 0) is 68.7 Å². The summed E-state index contributed by atoms with van der Waals surface area (Å²) in [5.41, 5.74) is 4.75. The zero-order chi connectivity index (χ0) is 14.5. The maximum atomic E-state index is 12.2. The fourth-order valence-electron chi connectivity index (χ4n) is 3.19. The molecular formula is C18H24N2O. The van der Waals surface area contributed by atoms with Crippen molar-refractivity contribution in [3.05, 3.63) is 41.0 Å². The van der Waals surface area contributed by atoms with Crippen LogP contribution in [0.1, 0.15) is 54.4 Å². The zero-order valence-corrected chi connectivity index (χ0v) is 12.6. The highest BCUT2D eigenvalue weighted by Crippen LogP contribution is 2.23. The van der Waals surface area contributed by atoms with Crippen LogP contribution >= 0.6 is 0 Å². The SMILES string of the molecule is O=C(NCCC1=CCCCC1)c1ccc2c(c1)CCCN2. The third kappa shape index (κ3) is 3.66. The van der Waals surface area contributed by atoms with Gasteiger partial charge in [-0.2, -0.15) is 0 Å². The number of aryl methyl sites for hydroxylation is 1. The molecule has 1 aromatic carbocycles. The van der Waals surface area contributed by atoms with Crippen molar-refractivity contribution >= 4 is 11.6 Å². The number of anilines is 1. The highest BCUT2D eigenvalue weighted by molar-refractivity contribution is 5.95. The van der Waals surface area contributed by atoms with E-state index >= 15 is 0 Å². The molecule has 1 amide bonds. The Hall–Kier alpha value is -1.77. The summed E-state index contributed by atoms with van der Waals surface area (Å²) in [4.78, 5) is 12.2. The predicted molar refractivity (Wildman–Crippen MR) is 86.8 cm³/mol. The molecule has 112 valence electrons. The van der Waals surface area contributed by atoms with Crippen molar-refractivity contribution in [1.29, 1.82) is 0 Å². The average Bonchev–Trinajstić information content (AvgIpc) is 2.55. The molecule has 3 rings (SSSR count). The van der Waals surface area contributed by atoms with E-state index < -0.39 is 0 Å². The Morgan fingerprint density at radius 2 is 2.14 bits per heavy atom. The molecule has 0 atom stereocenters. The van der Waals surface area contributed by atoms with Gasteiger partial charge in [0.25, 0.3) is 5.91 Å². The normalized spacial score (nSPS) is 17.4. The number of hydrogen-bond acceptors (Lipinski definition) is 2. The molecule has 0 saturated carbocycles. The van der Waals surface area contributed by atoms with Gasteiger partial charge in [-0.1, -0.05) is 11.6 Å². The fourth-order valence-corrected chi connectivity index (χ4v) is 3.19. The summed E-state index contributed by atoms with van der Waals surface area (Å²) in [7, 11) is 0. The van der Waals surface area contributed by atoms with Gasteiger partial charge in [0.1, 0.15) is 0 Å². The Morgan fingerprint density at radius 1 is 1.19 bits per heavy atom. The lowest BCUT2D eigenvalue weighted by Gasteiger charge is -2.18. The van der Waals surface area contributed by atoms with Crippen LogP contribution in [-0.2, 0) is 6.42 Å². The van der Waals surface area contributed by atoms with Crippen LogP contribution in [0.2, 0.25) is 0 Å². The number of carbonyl (C=O) groups excluding carboxylic acids is 1. The molecule has 21 heavy (non-hydrogen) atoms. The number of rotatable bonds is 4. The van der Waals surface area contributed by atoms with E-state index in [0.29, 0.717) is 0 Å². The molecule has 0 spiro atoms. The van der Waals surface area contributed by atoms with Gasteiger partial charge in [-0.25, -0.2) is 0 Å². The van der Waals surface area contributed by atoms with Crippen LogP contribution in [-0.4, -0.2) is 19.0 Å². The summed E-state index contributed by atoms with van der Waals surface area (Å²) in [6, 6.07) is 6.00. The Labute approximate surface area is 126 Å². The third-order valence-electron chi connectivity index (χ3n) is 4.42. The maximum absolute atomic E-state index is 12.2. The summed E-state index contributed by atoms with van der Waals surface area (Å²) in [6.07, 6.45) is 10.6. The van der Waals surface area contributed by atoms with Gasteiger partial charge < -0.3 is 10.6 Å². The summed E-state index contributed by atoms with van der Waals surface area (Å²) >= 11 is 0.